The molecule has 0 bridgehead atoms. The van der Waals surface area contributed by atoms with Crippen molar-refractivity contribution < 1.29 is 14.7 Å². The number of carboxylic acid groups (broad SMARTS) is 1. The number of nitrogens with one attached hydrogen (secondary N) is 2. The van der Waals surface area contributed by atoms with Crippen molar-refractivity contribution in [3.05, 3.63) is 0 Å². The zero-order valence-electron chi connectivity index (χ0n) is 10.4. The van der Waals surface area contributed by atoms with Crippen molar-refractivity contribution >= 4 is 11.9 Å². The van der Waals surface area contributed by atoms with E-state index < -0.39 is 5.97 Å². The molecule has 0 heterocycles. The van der Waals surface area contributed by atoms with Gasteiger partial charge in [-0.15, -0.1) is 0 Å². The monoisotopic (exact) mass is 242 g/mol. The van der Waals surface area contributed by atoms with Crippen LogP contribution in [0.2, 0.25) is 0 Å². The number of carbonyl (C=O) groups is 2. The summed E-state index contributed by atoms with van der Waals surface area (Å²) < 4.78 is 0. The summed E-state index contributed by atoms with van der Waals surface area (Å²) in [5.74, 6) is -1.18. The van der Waals surface area contributed by atoms with Gasteiger partial charge in [0.25, 0.3) is 0 Å². The molecule has 1 rings (SSSR count). The van der Waals surface area contributed by atoms with E-state index in [1.807, 2.05) is 6.92 Å². The molecule has 2 atom stereocenters. The van der Waals surface area contributed by atoms with Crippen LogP contribution in [0.15, 0.2) is 0 Å². The number of rotatable bonds is 7. The fourth-order valence-corrected chi connectivity index (χ4v) is 2.19. The smallest absolute Gasteiger partial charge is 0.306 e. The Morgan fingerprint density at radius 1 is 1.24 bits per heavy atom. The maximum absolute atomic E-state index is 11.7. The van der Waals surface area contributed by atoms with Gasteiger partial charge in [-0.3, -0.25) is 9.59 Å². The van der Waals surface area contributed by atoms with E-state index >= 15 is 0 Å². The SMILES string of the molecule is CCNCCCNC(=O)[C@@H]1CC[C@H](C(=O)O)C1. The van der Waals surface area contributed by atoms with Gasteiger partial charge < -0.3 is 15.7 Å². The molecule has 0 aliphatic heterocycles. The van der Waals surface area contributed by atoms with Crippen LogP contribution in [-0.4, -0.2) is 36.6 Å². The van der Waals surface area contributed by atoms with E-state index in [2.05, 4.69) is 10.6 Å². The maximum atomic E-state index is 11.7. The number of aliphatic carboxylic acids is 1. The van der Waals surface area contributed by atoms with E-state index in [0.717, 1.165) is 19.5 Å². The van der Waals surface area contributed by atoms with Gasteiger partial charge >= 0.3 is 5.97 Å². The minimum Gasteiger partial charge on any atom is -0.481 e. The van der Waals surface area contributed by atoms with E-state index in [0.29, 0.717) is 25.8 Å². The fourth-order valence-electron chi connectivity index (χ4n) is 2.19. The van der Waals surface area contributed by atoms with Crippen molar-refractivity contribution in [1.29, 1.82) is 0 Å². The topological polar surface area (TPSA) is 78.4 Å². The molecule has 0 aromatic carbocycles. The van der Waals surface area contributed by atoms with Gasteiger partial charge in [0.2, 0.25) is 5.91 Å². The Morgan fingerprint density at radius 2 is 1.94 bits per heavy atom. The summed E-state index contributed by atoms with van der Waals surface area (Å²) in [5, 5.41) is 14.9. The van der Waals surface area contributed by atoms with Crippen molar-refractivity contribution in [1.82, 2.24) is 10.6 Å². The minimum atomic E-state index is -0.771. The standard InChI is InChI=1S/C12H22N2O3/c1-2-13-6-3-7-14-11(15)9-4-5-10(8-9)12(16)17/h9-10,13H,2-8H2,1H3,(H,14,15)(H,16,17)/t9-,10+/m1/s1. The highest BCUT2D eigenvalue weighted by Crippen LogP contribution is 2.30. The van der Waals surface area contributed by atoms with Gasteiger partial charge in [0.05, 0.1) is 5.92 Å². The van der Waals surface area contributed by atoms with Gasteiger partial charge in [0.1, 0.15) is 0 Å². The molecule has 3 N–H and O–H groups in total. The Kier molecular flexibility index (Phi) is 5.97. The second-order valence-corrected chi connectivity index (χ2v) is 4.54. The van der Waals surface area contributed by atoms with Crippen LogP contribution in [0.1, 0.15) is 32.6 Å². The molecular weight excluding hydrogens is 220 g/mol. The summed E-state index contributed by atoms with van der Waals surface area (Å²) in [6.45, 7) is 4.55. The van der Waals surface area contributed by atoms with Crippen molar-refractivity contribution in [2.24, 2.45) is 11.8 Å². The average molecular weight is 242 g/mol. The van der Waals surface area contributed by atoms with Crippen molar-refractivity contribution in [3.63, 3.8) is 0 Å². The van der Waals surface area contributed by atoms with Gasteiger partial charge in [-0.2, -0.15) is 0 Å². The third-order valence-electron chi connectivity index (χ3n) is 3.23. The maximum Gasteiger partial charge on any atom is 0.306 e. The lowest BCUT2D eigenvalue weighted by Crippen LogP contribution is -2.32. The summed E-state index contributed by atoms with van der Waals surface area (Å²) in [5.41, 5.74) is 0. The van der Waals surface area contributed by atoms with E-state index in [1.165, 1.54) is 0 Å². The Labute approximate surface area is 102 Å². The van der Waals surface area contributed by atoms with Crippen LogP contribution in [-0.2, 0) is 9.59 Å². The van der Waals surface area contributed by atoms with Crippen LogP contribution in [0.4, 0.5) is 0 Å². The number of amides is 1. The molecule has 0 unspecified atom stereocenters. The Morgan fingerprint density at radius 3 is 2.53 bits per heavy atom. The van der Waals surface area contributed by atoms with Crippen LogP contribution >= 0.6 is 0 Å². The summed E-state index contributed by atoms with van der Waals surface area (Å²) in [4.78, 5) is 22.5. The lowest BCUT2D eigenvalue weighted by Gasteiger charge is -2.10. The fraction of sp³-hybridized carbons (Fsp3) is 0.833. The predicted molar refractivity (Wildman–Crippen MR) is 64.6 cm³/mol. The highest BCUT2D eigenvalue weighted by molar-refractivity contribution is 5.80. The summed E-state index contributed by atoms with van der Waals surface area (Å²) in [7, 11) is 0. The molecule has 0 radical (unpaired) electrons. The first-order valence-electron chi connectivity index (χ1n) is 6.36. The second-order valence-electron chi connectivity index (χ2n) is 4.54. The largest absolute Gasteiger partial charge is 0.481 e. The van der Waals surface area contributed by atoms with E-state index in [-0.39, 0.29) is 17.7 Å². The molecule has 1 aliphatic carbocycles. The van der Waals surface area contributed by atoms with Gasteiger partial charge in [-0.05, 0) is 38.8 Å². The highest BCUT2D eigenvalue weighted by Gasteiger charge is 2.33. The van der Waals surface area contributed by atoms with Crippen molar-refractivity contribution in [3.8, 4) is 0 Å². The molecule has 0 aromatic rings. The Bertz CT molecular complexity index is 268. The van der Waals surface area contributed by atoms with Crippen LogP contribution in [0.5, 0.6) is 0 Å². The van der Waals surface area contributed by atoms with Gasteiger partial charge in [0, 0.05) is 12.5 Å². The third-order valence-corrected chi connectivity index (χ3v) is 3.23. The first-order chi connectivity index (χ1) is 8.15. The first kappa shape index (κ1) is 14.0. The predicted octanol–water partition coefficient (Wildman–Crippen LogP) is 0.603. The molecule has 1 fully saturated rings. The number of carboxylic acids is 1. The number of hydrogen-bond acceptors (Lipinski definition) is 3. The molecule has 1 saturated carbocycles. The average Bonchev–Trinajstić information content (AvgIpc) is 2.78. The Balaban J connectivity index is 2.14. The van der Waals surface area contributed by atoms with Crippen molar-refractivity contribution in [2.45, 2.75) is 32.6 Å². The number of carbonyl (C=O) groups excluding carboxylic acids is 1. The van der Waals surface area contributed by atoms with E-state index in [9.17, 15) is 9.59 Å². The molecule has 5 heteroatoms. The first-order valence-corrected chi connectivity index (χ1v) is 6.36. The lowest BCUT2D eigenvalue weighted by molar-refractivity contribution is -0.141. The van der Waals surface area contributed by atoms with Crippen LogP contribution in [0.25, 0.3) is 0 Å². The van der Waals surface area contributed by atoms with Crippen LogP contribution < -0.4 is 10.6 Å². The van der Waals surface area contributed by atoms with E-state index in [4.69, 9.17) is 5.11 Å². The van der Waals surface area contributed by atoms with Crippen molar-refractivity contribution in [2.75, 3.05) is 19.6 Å². The molecule has 0 aromatic heterocycles. The lowest BCUT2D eigenvalue weighted by atomic mass is 10.0. The zero-order valence-corrected chi connectivity index (χ0v) is 10.4. The number of hydrogen-bond donors (Lipinski definition) is 3. The van der Waals surface area contributed by atoms with Gasteiger partial charge in [-0.25, -0.2) is 0 Å². The molecule has 17 heavy (non-hydrogen) atoms. The summed E-state index contributed by atoms with van der Waals surface area (Å²) >= 11 is 0. The summed E-state index contributed by atoms with van der Waals surface area (Å²) in [6.07, 6.45) is 2.74. The quantitative estimate of drug-likeness (QED) is 0.571. The molecule has 98 valence electrons. The zero-order chi connectivity index (χ0) is 12.7. The molecule has 0 saturated heterocycles. The summed E-state index contributed by atoms with van der Waals surface area (Å²) in [6, 6.07) is 0. The second kappa shape index (κ2) is 7.27. The van der Waals surface area contributed by atoms with Gasteiger partial charge in [-0.1, -0.05) is 6.92 Å². The third kappa shape index (κ3) is 4.73. The van der Waals surface area contributed by atoms with E-state index in [1.54, 1.807) is 0 Å². The Hall–Kier alpha value is -1.10. The molecule has 0 spiro atoms. The molecule has 1 amide bonds. The van der Waals surface area contributed by atoms with Crippen LogP contribution in [0.3, 0.4) is 0 Å². The molecule has 1 aliphatic rings. The van der Waals surface area contributed by atoms with Gasteiger partial charge in [0.15, 0.2) is 0 Å². The molecule has 5 nitrogen and oxygen atoms in total. The normalized spacial score (nSPS) is 23.6. The molecular formula is C12H22N2O3. The van der Waals surface area contributed by atoms with Crippen LogP contribution in [0, 0.1) is 11.8 Å². The highest BCUT2D eigenvalue weighted by atomic mass is 16.4. The minimum absolute atomic E-state index is 0.0187.